The number of hydrogen-bond acceptors (Lipinski definition) is 5. The number of aromatic nitrogens is 1. The summed E-state index contributed by atoms with van der Waals surface area (Å²) in [7, 11) is -4.09. The molecule has 3 rings (SSSR count). The van der Waals surface area contributed by atoms with Crippen LogP contribution in [-0.2, 0) is 21.2 Å². The number of nitrogens with zero attached hydrogens (tertiary/aromatic N) is 1. The monoisotopic (exact) mass is 431 g/mol. The van der Waals surface area contributed by atoms with Crippen LogP contribution in [0.2, 0.25) is 0 Å². The minimum absolute atomic E-state index is 0.113. The molecule has 0 atom stereocenters. The molecule has 3 aromatic rings. The predicted molar refractivity (Wildman–Crippen MR) is 103 cm³/mol. The lowest BCUT2D eigenvalue weighted by Gasteiger charge is -2.08. The fourth-order valence-electron chi connectivity index (χ4n) is 2.56. The predicted octanol–water partition coefficient (Wildman–Crippen LogP) is 2.69. The Balaban J connectivity index is 1.68. The van der Waals surface area contributed by atoms with E-state index in [0.29, 0.717) is 23.9 Å². The number of anilines is 1. The number of carbonyl (C=O) groups excluding carboxylic acids is 2. The molecule has 0 aliphatic carbocycles. The third-order valence-corrected chi connectivity index (χ3v) is 5.81. The number of benzene rings is 2. The van der Waals surface area contributed by atoms with Crippen LogP contribution in [0.5, 0.6) is 0 Å². The Hall–Kier alpha value is -3.66. The van der Waals surface area contributed by atoms with Gasteiger partial charge in [0.15, 0.2) is 0 Å². The van der Waals surface area contributed by atoms with E-state index < -0.39 is 32.3 Å². The minimum atomic E-state index is -4.09. The molecule has 0 bridgehead atoms. The molecule has 2 aromatic carbocycles. The van der Waals surface area contributed by atoms with Crippen LogP contribution in [0.3, 0.4) is 0 Å². The van der Waals surface area contributed by atoms with Crippen molar-refractivity contribution in [3.05, 3.63) is 83.6 Å². The topological polar surface area (TPSA) is 105 Å². The van der Waals surface area contributed by atoms with Crippen LogP contribution in [0.1, 0.15) is 15.9 Å². The van der Waals surface area contributed by atoms with Crippen LogP contribution in [0.15, 0.2) is 70.6 Å². The van der Waals surface area contributed by atoms with Crippen molar-refractivity contribution in [2.24, 2.45) is 0 Å². The smallest absolute Gasteiger partial charge is 0.253 e. The molecule has 0 spiro atoms. The Bertz CT molecular complexity index is 1160. The van der Waals surface area contributed by atoms with Gasteiger partial charge in [-0.05, 0) is 42.0 Å². The Kier molecular flexibility index (Phi) is 6.17. The van der Waals surface area contributed by atoms with Gasteiger partial charge >= 0.3 is 0 Å². The number of pyridine rings is 1. The summed E-state index contributed by atoms with van der Waals surface area (Å²) in [5.41, 5.74) is 0.888. The molecule has 154 valence electrons. The zero-order chi connectivity index (χ0) is 21.7. The summed E-state index contributed by atoms with van der Waals surface area (Å²) in [6.45, 7) is 0.113. The molecular weight excluding hydrogens is 416 g/mol. The van der Waals surface area contributed by atoms with Crippen molar-refractivity contribution in [2.75, 3.05) is 5.32 Å². The summed E-state index contributed by atoms with van der Waals surface area (Å²) in [5.74, 6) is -2.08. The lowest BCUT2D eigenvalue weighted by atomic mass is 10.2. The van der Waals surface area contributed by atoms with Crippen molar-refractivity contribution >= 4 is 28.0 Å². The highest BCUT2D eigenvalue weighted by molar-refractivity contribution is 7.91. The SMILES string of the molecule is O=CNc1ccc(C(=O)NCc2ccc(S(=O)(=O)c3cc(F)cc(F)c3)cc2)cn1. The second kappa shape index (κ2) is 8.78. The molecule has 0 saturated heterocycles. The first-order chi connectivity index (χ1) is 14.3. The van der Waals surface area contributed by atoms with Crippen molar-refractivity contribution in [1.29, 1.82) is 0 Å². The first-order valence-corrected chi connectivity index (χ1v) is 10.0. The van der Waals surface area contributed by atoms with Crippen molar-refractivity contribution in [3.8, 4) is 0 Å². The molecule has 0 aliphatic heterocycles. The van der Waals surface area contributed by atoms with Crippen LogP contribution in [0, 0.1) is 11.6 Å². The van der Waals surface area contributed by atoms with Crippen LogP contribution in [0.25, 0.3) is 0 Å². The van der Waals surface area contributed by atoms with E-state index in [1.165, 1.54) is 42.6 Å². The number of hydrogen-bond donors (Lipinski definition) is 2. The fourth-order valence-corrected chi connectivity index (χ4v) is 3.87. The summed E-state index contributed by atoms with van der Waals surface area (Å²) in [5, 5.41) is 5.01. The van der Waals surface area contributed by atoms with Crippen LogP contribution in [-0.4, -0.2) is 25.7 Å². The van der Waals surface area contributed by atoms with Gasteiger partial charge in [-0.1, -0.05) is 12.1 Å². The summed E-state index contributed by atoms with van der Waals surface area (Å²) >= 11 is 0. The number of halogens is 2. The molecule has 0 radical (unpaired) electrons. The van der Waals surface area contributed by atoms with E-state index in [1.807, 2.05) is 0 Å². The number of carbonyl (C=O) groups is 2. The Morgan fingerprint density at radius 1 is 0.967 bits per heavy atom. The van der Waals surface area contributed by atoms with Crippen LogP contribution < -0.4 is 10.6 Å². The van der Waals surface area contributed by atoms with Crippen LogP contribution >= 0.6 is 0 Å². The largest absolute Gasteiger partial charge is 0.348 e. The summed E-state index contributed by atoms with van der Waals surface area (Å²) in [4.78, 5) is 25.8. The third kappa shape index (κ3) is 4.84. The van der Waals surface area contributed by atoms with Gasteiger partial charge in [-0.15, -0.1) is 0 Å². The summed E-state index contributed by atoms with van der Waals surface area (Å²) in [6, 6.07) is 10.6. The first-order valence-electron chi connectivity index (χ1n) is 8.54. The molecule has 1 heterocycles. The Morgan fingerprint density at radius 2 is 1.63 bits per heavy atom. The van der Waals surface area contributed by atoms with Crippen molar-refractivity contribution in [1.82, 2.24) is 10.3 Å². The molecular formula is C20H15F2N3O4S. The van der Waals surface area contributed by atoms with Gasteiger partial charge in [0.2, 0.25) is 16.2 Å². The molecule has 10 heteroatoms. The van der Waals surface area contributed by atoms with E-state index in [0.717, 1.165) is 12.1 Å². The molecule has 2 amide bonds. The standard InChI is InChI=1S/C20H15F2N3O4S/c21-15-7-16(22)9-18(8-15)30(28,29)17-4-1-13(2-5-17)10-24-20(27)14-3-6-19(23-11-14)25-12-26/h1-9,11-12H,10H2,(H,24,27)(H,23,25,26). The van der Waals surface area contributed by atoms with E-state index in [1.54, 1.807) is 0 Å². The summed E-state index contributed by atoms with van der Waals surface area (Å²) in [6.07, 6.45) is 1.77. The lowest BCUT2D eigenvalue weighted by molar-refractivity contribution is -0.105. The zero-order valence-electron chi connectivity index (χ0n) is 15.3. The van der Waals surface area contributed by atoms with Gasteiger partial charge in [0, 0.05) is 18.8 Å². The minimum Gasteiger partial charge on any atom is -0.348 e. The maximum atomic E-state index is 13.3. The molecule has 0 aliphatic rings. The highest BCUT2D eigenvalue weighted by Crippen LogP contribution is 2.23. The quantitative estimate of drug-likeness (QED) is 0.560. The highest BCUT2D eigenvalue weighted by atomic mass is 32.2. The zero-order valence-corrected chi connectivity index (χ0v) is 16.1. The average Bonchev–Trinajstić information content (AvgIpc) is 2.72. The van der Waals surface area contributed by atoms with Crippen LogP contribution in [0.4, 0.5) is 14.6 Å². The fraction of sp³-hybridized carbons (Fsp3) is 0.0500. The van der Waals surface area contributed by atoms with Crippen molar-refractivity contribution < 1.29 is 26.8 Å². The average molecular weight is 431 g/mol. The second-order valence-electron chi connectivity index (χ2n) is 6.13. The first kappa shape index (κ1) is 21.1. The summed E-state index contributed by atoms with van der Waals surface area (Å²) < 4.78 is 51.8. The molecule has 1 aromatic heterocycles. The van der Waals surface area contributed by atoms with Crippen molar-refractivity contribution in [2.45, 2.75) is 16.3 Å². The van der Waals surface area contributed by atoms with Gasteiger partial charge < -0.3 is 10.6 Å². The number of amides is 2. The van der Waals surface area contributed by atoms with Gasteiger partial charge in [0.05, 0.1) is 15.4 Å². The second-order valence-corrected chi connectivity index (χ2v) is 8.08. The van der Waals surface area contributed by atoms with Gasteiger partial charge in [-0.2, -0.15) is 0 Å². The van der Waals surface area contributed by atoms with Crippen molar-refractivity contribution in [3.63, 3.8) is 0 Å². The van der Waals surface area contributed by atoms with Gasteiger partial charge in [0.25, 0.3) is 5.91 Å². The van der Waals surface area contributed by atoms with Gasteiger partial charge in [0.1, 0.15) is 17.5 Å². The highest BCUT2D eigenvalue weighted by Gasteiger charge is 2.19. The Morgan fingerprint density at radius 3 is 2.20 bits per heavy atom. The maximum Gasteiger partial charge on any atom is 0.253 e. The number of rotatable bonds is 7. The van der Waals surface area contributed by atoms with E-state index in [-0.39, 0.29) is 17.0 Å². The molecule has 0 saturated carbocycles. The molecule has 7 nitrogen and oxygen atoms in total. The van der Waals surface area contributed by atoms with Gasteiger partial charge in [-0.25, -0.2) is 22.2 Å². The van der Waals surface area contributed by atoms with Gasteiger partial charge in [-0.3, -0.25) is 9.59 Å². The van der Waals surface area contributed by atoms with E-state index >= 15 is 0 Å². The molecule has 2 N–H and O–H groups in total. The number of nitrogens with one attached hydrogen (secondary N) is 2. The normalized spacial score (nSPS) is 11.0. The van der Waals surface area contributed by atoms with E-state index in [4.69, 9.17) is 0 Å². The number of sulfone groups is 1. The molecule has 0 unspecified atom stereocenters. The van der Waals surface area contributed by atoms with E-state index in [2.05, 4.69) is 15.6 Å². The molecule has 0 fully saturated rings. The maximum absolute atomic E-state index is 13.3. The molecule has 30 heavy (non-hydrogen) atoms. The lowest BCUT2D eigenvalue weighted by Crippen LogP contribution is -2.23. The third-order valence-electron chi connectivity index (χ3n) is 4.07. The Labute approximate surface area is 170 Å². The van der Waals surface area contributed by atoms with E-state index in [9.17, 15) is 26.8 Å².